The van der Waals surface area contributed by atoms with Crippen LogP contribution < -0.4 is 5.43 Å². The van der Waals surface area contributed by atoms with E-state index in [1.165, 1.54) is 32.1 Å². The molecule has 1 amide bonds. The van der Waals surface area contributed by atoms with Crippen LogP contribution in [0.25, 0.3) is 0 Å². The Morgan fingerprint density at radius 3 is 2.67 bits per heavy atom. The fourth-order valence-electron chi connectivity index (χ4n) is 3.65. The maximum atomic E-state index is 11.9. The first-order chi connectivity index (χ1) is 8.83. The second-order valence-electron chi connectivity index (χ2n) is 6.03. The molecule has 98 valence electrons. The summed E-state index contributed by atoms with van der Waals surface area (Å²) in [5.74, 6) is 2.32. The van der Waals surface area contributed by atoms with Crippen LogP contribution in [0.5, 0.6) is 0 Å². The molecule has 2 saturated carbocycles. The molecule has 0 spiro atoms. The van der Waals surface area contributed by atoms with Crippen molar-refractivity contribution in [2.75, 3.05) is 0 Å². The van der Waals surface area contributed by atoms with E-state index in [-0.39, 0.29) is 11.8 Å². The van der Waals surface area contributed by atoms with Gasteiger partial charge in [-0.15, -0.1) is 0 Å². The molecule has 0 aromatic rings. The first kappa shape index (κ1) is 11.9. The van der Waals surface area contributed by atoms with Gasteiger partial charge in [0.05, 0.1) is 0 Å². The Balaban J connectivity index is 1.46. The van der Waals surface area contributed by atoms with Gasteiger partial charge < -0.3 is 0 Å². The average molecular weight is 246 g/mol. The number of rotatable bonds is 3. The van der Waals surface area contributed by atoms with E-state index in [2.05, 4.69) is 22.7 Å². The third kappa shape index (κ3) is 2.50. The predicted octanol–water partition coefficient (Wildman–Crippen LogP) is 2.88. The molecule has 3 aliphatic carbocycles. The summed E-state index contributed by atoms with van der Waals surface area (Å²) in [5.41, 5.74) is 2.75. The standard InChI is InChI=1S/C15H22N2O/c18-15(12-4-2-1-3-5-12)17-16-10-14-9-11-6-7-13(14)8-11/h6-7,10-14H,1-5,8-9H2,(H,17,18)/b16-10-/t11-,13-,14-/m1/s1. The molecule has 3 heteroatoms. The van der Waals surface area contributed by atoms with Crippen LogP contribution in [0.2, 0.25) is 0 Å². The van der Waals surface area contributed by atoms with Gasteiger partial charge in [0.1, 0.15) is 0 Å². The normalized spacial score (nSPS) is 35.4. The van der Waals surface area contributed by atoms with Crippen molar-refractivity contribution in [3.8, 4) is 0 Å². The number of allylic oxidation sites excluding steroid dienone is 2. The molecule has 0 aromatic carbocycles. The molecule has 0 aromatic heterocycles. The monoisotopic (exact) mass is 246 g/mol. The minimum absolute atomic E-state index is 0.129. The Kier molecular flexibility index (Phi) is 3.48. The summed E-state index contributed by atoms with van der Waals surface area (Å²) in [7, 11) is 0. The van der Waals surface area contributed by atoms with E-state index < -0.39 is 0 Å². The maximum absolute atomic E-state index is 11.9. The van der Waals surface area contributed by atoms with E-state index in [1.54, 1.807) is 0 Å². The van der Waals surface area contributed by atoms with Crippen molar-refractivity contribution in [3.05, 3.63) is 12.2 Å². The van der Waals surface area contributed by atoms with Gasteiger partial charge in [0.25, 0.3) is 0 Å². The third-order valence-corrected chi connectivity index (χ3v) is 4.75. The van der Waals surface area contributed by atoms with E-state index in [9.17, 15) is 4.79 Å². The summed E-state index contributed by atoms with van der Waals surface area (Å²) in [5, 5.41) is 4.19. The lowest BCUT2D eigenvalue weighted by Crippen LogP contribution is -2.28. The molecule has 3 nitrogen and oxygen atoms in total. The molecule has 0 radical (unpaired) electrons. The van der Waals surface area contributed by atoms with Crippen molar-refractivity contribution in [1.82, 2.24) is 5.43 Å². The van der Waals surface area contributed by atoms with Crippen molar-refractivity contribution in [3.63, 3.8) is 0 Å². The highest BCUT2D eigenvalue weighted by Gasteiger charge is 2.34. The minimum Gasteiger partial charge on any atom is -0.273 e. The van der Waals surface area contributed by atoms with Crippen LogP contribution in [0.3, 0.4) is 0 Å². The number of hydrogen-bond donors (Lipinski definition) is 1. The molecular formula is C15H22N2O. The van der Waals surface area contributed by atoms with Crippen LogP contribution in [-0.4, -0.2) is 12.1 Å². The topological polar surface area (TPSA) is 41.5 Å². The first-order valence-electron chi connectivity index (χ1n) is 7.34. The van der Waals surface area contributed by atoms with E-state index in [0.29, 0.717) is 11.8 Å². The van der Waals surface area contributed by atoms with E-state index in [1.807, 2.05) is 6.21 Å². The fourth-order valence-corrected chi connectivity index (χ4v) is 3.65. The number of carbonyl (C=O) groups is 1. The Morgan fingerprint density at radius 1 is 1.17 bits per heavy atom. The van der Waals surface area contributed by atoms with Crippen molar-refractivity contribution >= 4 is 12.1 Å². The maximum Gasteiger partial charge on any atom is 0.243 e. The van der Waals surface area contributed by atoms with Crippen molar-refractivity contribution in [1.29, 1.82) is 0 Å². The zero-order chi connectivity index (χ0) is 12.4. The molecule has 2 fully saturated rings. The van der Waals surface area contributed by atoms with Gasteiger partial charge in [-0.1, -0.05) is 31.4 Å². The Labute approximate surface area is 109 Å². The van der Waals surface area contributed by atoms with Gasteiger partial charge in [0.2, 0.25) is 5.91 Å². The lowest BCUT2D eigenvalue weighted by Gasteiger charge is -2.19. The average Bonchev–Trinajstić information content (AvgIpc) is 3.02. The van der Waals surface area contributed by atoms with Crippen molar-refractivity contribution < 1.29 is 4.79 Å². The van der Waals surface area contributed by atoms with Gasteiger partial charge in [-0.25, -0.2) is 5.43 Å². The zero-order valence-corrected chi connectivity index (χ0v) is 10.8. The highest BCUT2D eigenvalue weighted by Crippen LogP contribution is 2.42. The molecule has 3 atom stereocenters. The summed E-state index contributed by atoms with van der Waals surface area (Å²) in [6, 6.07) is 0. The largest absolute Gasteiger partial charge is 0.273 e. The number of carbonyl (C=O) groups excluding carboxylic acids is 1. The van der Waals surface area contributed by atoms with Gasteiger partial charge in [-0.2, -0.15) is 5.10 Å². The summed E-state index contributed by atoms with van der Waals surface area (Å²) < 4.78 is 0. The highest BCUT2D eigenvalue weighted by molar-refractivity contribution is 5.79. The number of nitrogens with one attached hydrogen (secondary N) is 1. The van der Waals surface area contributed by atoms with Crippen LogP contribution in [0.15, 0.2) is 17.3 Å². The minimum atomic E-state index is 0.129. The molecule has 2 bridgehead atoms. The number of hydrazone groups is 1. The molecule has 0 aliphatic heterocycles. The van der Waals surface area contributed by atoms with Gasteiger partial charge >= 0.3 is 0 Å². The van der Waals surface area contributed by atoms with Crippen LogP contribution in [0.1, 0.15) is 44.9 Å². The summed E-state index contributed by atoms with van der Waals surface area (Å²) >= 11 is 0. The zero-order valence-electron chi connectivity index (χ0n) is 10.8. The number of nitrogens with zero attached hydrogens (tertiary/aromatic N) is 1. The Bertz CT molecular complexity index is 369. The molecule has 3 aliphatic rings. The quantitative estimate of drug-likeness (QED) is 0.464. The molecular weight excluding hydrogens is 224 g/mol. The van der Waals surface area contributed by atoms with Gasteiger partial charge in [-0.3, -0.25) is 4.79 Å². The molecule has 0 heterocycles. The van der Waals surface area contributed by atoms with Crippen LogP contribution in [0, 0.1) is 23.7 Å². The van der Waals surface area contributed by atoms with E-state index in [0.717, 1.165) is 18.8 Å². The summed E-state index contributed by atoms with van der Waals surface area (Å²) in [4.78, 5) is 11.9. The molecule has 18 heavy (non-hydrogen) atoms. The third-order valence-electron chi connectivity index (χ3n) is 4.75. The molecule has 0 unspecified atom stereocenters. The predicted molar refractivity (Wildman–Crippen MR) is 72.1 cm³/mol. The second kappa shape index (κ2) is 5.25. The smallest absolute Gasteiger partial charge is 0.243 e. The molecule has 3 rings (SSSR count). The van der Waals surface area contributed by atoms with Gasteiger partial charge in [-0.05, 0) is 37.5 Å². The number of amides is 1. The highest BCUT2D eigenvalue weighted by atomic mass is 16.2. The molecule has 1 N–H and O–H groups in total. The van der Waals surface area contributed by atoms with Crippen LogP contribution in [0.4, 0.5) is 0 Å². The van der Waals surface area contributed by atoms with Crippen LogP contribution >= 0.6 is 0 Å². The summed E-state index contributed by atoms with van der Waals surface area (Å²) in [6.45, 7) is 0. The Morgan fingerprint density at radius 2 is 2.00 bits per heavy atom. The number of fused-ring (bicyclic) bond motifs is 2. The van der Waals surface area contributed by atoms with Gasteiger partial charge in [0, 0.05) is 18.1 Å². The fraction of sp³-hybridized carbons (Fsp3) is 0.733. The molecule has 0 saturated heterocycles. The van der Waals surface area contributed by atoms with Crippen molar-refractivity contribution in [2.24, 2.45) is 28.8 Å². The SMILES string of the molecule is O=C(N/N=C\[C@H]1C[C@@H]2C=C[C@@H]1C2)C1CCCCC1. The van der Waals surface area contributed by atoms with Crippen LogP contribution in [-0.2, 0) is 4.79 Å². The van der Waals surface area contributed by atoms with E-state index >= 15 is 0 Å². The second-order valence-corrected chi connectivity index (χ2v) is 6.03. The van der Waals surface area contributed by atoms with E-state index in [4.69, 9.17) is 0 Å². The lowest BCUT2D eigenvalue weighted by atomic mass is 9.89. The lowest BCUT2D eigenvalue weighted by molar-refractivity contribution is -0.125. The first-order valence-corrected chi connectivity index (χ1v) is 7.34. The number of hydrogen-bond acceptors (Lipinski definition) is 2. The van der Waals surface area contributed by atoms with Crippen molar-refractivity contribution in [2.45, 2.75) is 44.9 Å². The van der Waals surface area contributed by atoms with Gasteiger partial charge in [0.15, 0.2) is 0 Å². The summed E-state index contributed by atoms with van der Waals surface area (Å²) in [6.07, 6.45) is 14.9. The Hall–Kier alpha value is -1.12.